The van der Waals surface area contributed by atoms with E-state index in [1.807, 2.05) is 62.4 Å². The number of hydrogen-bond acceptors (Lipinski definition) is 2. The van der Waals surface area contributed by atoms with E-state index in [-0.39, 0.29) is 6.04 Å². The van der Waals surface area contributed by atoms with Crippen LogP contribution in [-0.4, -0.2) is 14.5 Å². The van der Waals surface area contributed by atoms with E-state index in [9.17, 15) is 8.42 Å². The SMILES string of the molecule is C/C=C/C1CCc2ccccc2N1S(=O)(=O)c1ccc(C)cc1. The van der Waals surface area contributed by atoms with E-state index < -0.39 is 10.0 Å². The van der Waals surface area contributed by atoms with E-state index in [0.29, 0.717) is 4.90 Å². The van der Waals surface area contributed by atoms with Gasteiger partial charge in [0.1, 0.15) is 0 Å². The third-order valence-electron chi connectivity index (χ3n) is 4.23. The third-order valence-corrected chi connectivity index (χ3v) is 6.09. The highest BCUT2D eigenvalue weighted by atomic mass is 32.2. The number of hydrogen-bond donors (Lipinski definition) is 0. The fourth-order valence-corrected chi connectivity index (χ4v) is 4.74. The van der Waals surface area contributed by atoms with Gasteiger partial charge in [-0.2, -0.15) is 0 Å². The summed E-state index contributed by atoms with van der Waals surface area (Å²) >= 11 is 0. The first kappa shape index (κ1) is 15.8. The highest BCUT2D eigenvalue weighted by Gasteiger charge is 2.34. The van der Waals surface area contributed by atoms with Crippen molar-refractivity contribution in [3.8, 4) is 0 Å². The van der Waals surface area contributed by atoms with Crippen molar-refractivity contribution in [1.29, 1.82) is 0 Å². The van der Waals surface area contributed by atoms with E-state index in [1.54, 1.807) is 16.4 Å². The molecule has 0 aromatic heterocycles. The molecule has 4 heteroatoms. The molecule has 1 aliphatic heterocycles. The minimum Gasteiger partial charge on any atom is -0.259 e. The molecule has 0 saturated heterocycles. The van der Waals surface area contributed by atoms with Crippen molar-refractivity contribution in [1.82, 2.24) is 0 Å². The average Bonchev–Trinajstić information content (AvgIpc) is 2.55. The summed E-state index contributed by atoms with van der Waals surface area (Å²) in [5.41, 5.74) is 2.93. The van der Waals surface area contributed by atoms with Crippen LogP contribution in [0.3, 0.4) is 0 Å². The number of fused-ring (bicyclic) bond motifs is 1. The lowest BCUT2D eigenvalue weighted by atomic mass is 9.98. The Morgan fingerprint density at radius 3 is 2.48 bits per heavy atom. The van der Waals surface area contributed by atoms with Crippen molar-refractivity contribution in [2.75, 3.05) is 4.31 Å². The molecule has 0 radical (unpaired) electrons. The second kappa shape index (κ2) is 6.20. The molecule has 0 saturated carbocycles. The molecule has 1 heterocycles. The Bertz CT molecular complexity index is 823. The average molecular weight is 327 g/mol. The molecule has 0 aliphatic carbocycles. The summed E-state index contributed by atoms with van der Waals surface area (Å²) in [5, 5.41) is 0. The summed E-state index contributed by atoms with van der Waals surface area (Å²) in [6, 6.07) is 14.7. The van der Waals surface area contributed by atoms with Crippen molar-refractivity contribution in [2.45, 2.75) is 37.6 Å². The third kappa shape index (κ3) is 2.91. The second-order valence-electron chi connectivity index (χ2n) is 5.87. The number of nitrogens with zero attached hydrogens (tertiary/aromatic N) is 1. The highest BCUT2D eigenvalue weighted by Crippen LogP contribution is 2.35. The highest BCUT2D eigenvalue weighted by molar-refractivity contribution is 7.92. The fourth-order valence-electron chi connectivity index (χ4n) is 3.06. The maximum Gasteiger partial charge on any atom is 0.264 e. The van der Waals surface area contributed by atoms with Gasteiger partial charge in [-0.25, -0.2) is 8.42 Å². The molecule has 2 aromatic carbocycles. The van der Waals surface area contributed by atoms with E-state index in [4.69, 9.17) is 0 Å². The van der Waals surface area contributed by atoms with Crippen LogP contribution in [0.5, 0.6) is 0 Å². The van der Waals surface area contributed by atoms with Gasteiger partial charge >= 0.3 is 0 Å². The number of sulfonamides is 1. The van der Waals surface area contributed by atoms with Gasteiger partial charge in [0.15, 0.2) is 0 Å². The Hall–Kier alpha value is -2.07. The summed E-state index contributed by atoms with van der Waals surface area (Å²) in [7, 11) is -3.58. The number of aryl methyl sites for hydroxylation is 2. The molecule has 3 rings (SSSR count). The lowest BCUT2D eigenvalue weighted by molar-refractivity contribution is 0.574. The Kier molecular flexibility index (Phi) is 4.26. The quantitative estimate of drug-likeness (QED) is 0.797. The normalized spacial score (nSPS) is 18.2. The first-order valence-electron chi connectivity index (χ1n) is 7.86. The van der Waals surface area contributed by atoms with Crippen LogP contribution >= 0.6 is 0 Å². The minimum atomic E-state index is -3.58. The van der Waals surface area contributed by atoms with Gasteiger partial charge in [0.25, 0.3) is 10.0 Å². The van der Waals surface area contributed by atoms with Gasteiger partial charge in [0, 0.05) is 0 Å². The Morgan fingerprint density at radius 1 is 1.09 bits per heavy atom. The van der Waals surface area contributed by atoms with E-state index in [0.717, 1.165) is 29.7 Å². The van der Waals surface area contributed by atoms with Crippen LogP contribution in [0, 0.1) is 6.92 Å². The number of allylic oxidation sites excluding steroid dienone is 1. The Morgan fingerprint density at radius 2 is 1.78 bits per heavy atom. The van der Waals surface area contributed by atoms with E-state index in [1.165, 1.54) is 0 Å². The van der Waals surface area contributed by atoms with Crippen molar-refractivity contribution in [3.63, 3.8) is 0 Å². The summed E-state index contributed by atoms with van der Waals surface area (Å²) in [6.45, 7) is 3.88. The Labute approximate surface area is 138 Å². The number of rotatable bonds is 3. The van der Waals surface area contributed by atoms with Gasteiger partial charge in [-0.15, -0.1) is 0 Å². The van der Waals surface area contributed by atoms with Gasteiger partial charge < -0.3 is 0 Å². The largest absolute Gasteiger partial charge is 0.264 e. The molecule has 1 aliphatic rings. The molecule has 0 fully saturated rings. The molecule has 3 nitrogen and oxygen atoms in total. The molecule has 1 unspecified atom stereocenters. The smallest absolute Gasteiger partial charge is 0.259 e. The van der Waals surface area contributed by atoms with Gasteiger partial charge in [0.2, 0.25) is 0 Å². The van der Waals surface area contributed by atoms with Crippen LogP contribution in [0.1, 0.15) is 24.5 Å². The Balaban J connectivity index is 2.15. The van der Waals surface area contributed by atoms with Crippen LogP contribution < -0.4 is 4.31 Å². The fraction of sp³-hybridized carbons (Fsp3) is 0.263. The van der Waals surface area contributed by atoms with Crippen molar-refractivity contribution in [2.24, 2.45) is 0 Å². The summed E-state index contributed by atoms with van der Waals surface area (Å²) in [6.07, 6.45) is 5.59. The topological polar surface area (TPSA) is 37.4 Å². The predicted octanol–water partition coefficient (Wildman–Crippen LogP) is 4.08. The maximum atomic E-state index is 13.2. The van der Waals surface area contributed by atoms with Gasteiger partial charge in [0.05, 0.1) is 16.6 Å². The molecule has 120 valence electrons. The molecule has 2 aromatic rings. The number of para-hydroxylation sites is 1. The zero-order chi connectivity index (χ0) is 16.4. The first-order chi connectivity index (χ1) is 11.0. The molecule has 0 N–H and O–H groups in total. The monoisotopic (exact) mass is 327 g/mol. The van der Waals surface area contributed by atoms with Crippen LogP contribution in [0.25, 0.3) is 0 Å². The first-order valence-corrected chi connectivity index (χ1v) is 9.30. The molecular weight excluding hydrogens is 306 g/mol. The maximum absolute atomic E-state index is 13.2. The molecular formula is C19H21NO2S. The summed E-state index contributed by atoms with van der Waals surface area (Å²) < 4.78 is 28.1. The van der Waals surface area contributed by atoms with Crippen molar-refractivity contribution in [3.05, 3.63) is 71.8 Å². The molecule has 1 atom stereocenters. The van der Waals surface area contributed by atoms with Crippen LogP contribution in [0.15, 0.2) is 65.6 Å². The lowest BCUT2D eigenvalue weighted by Gasteiger charge is -2.36. The predicted molar refractivity (Wildman–Crippen MR) is 94.2 cm³/mol. The van der Waals surface area contributed by atoms with E-state index in [2.05, 4.69) is 0 Å². The zero-order valence-electron chi connectivity index (χ0n) is 13.4. The summed E-state index contributed by atoms with van der Waals surface area (Å²) in [4.78, 5) is 0.342. The van der Waals surface area contributed by atoms with Crippen molar-refractivity contribution < 1.29 is 8.42 Å². The molecule has 23 heavy (non-hydrogen) atoms. The molecule has 0 amide bonds. The van der Waals surface area contributed by atoms with Crippen molar-refractivity contribution >= 4 is 15.7 Å². The number of benzene rings is 2. The van der Waals surface area contributed by atoms with Gasteiger partial charge in [-0.05, 0) is 50.5 Å². The zero-order valence-corrected chi connectivity index (χ0v) is 14.3. The van der Waals surface area contributed by atoms with Gasteiger partial charge in [-0.3, -0.25) is 4.31 Å². The van der Waals surface area contributed by atoms with E-state index >= 15 is 0 Å². The standard InChI is InChI=1S/C19H21NO2S/c1-3-6-17-12-11-16-7-4-5-8-19(16)20(17)23(21,22)18-13-9-15(2)10-14-18/h3-10,13-14,17H,11-12H2,1-2H3/b6-3+. The van der Waals surface area contributed by atoms with Crippen LogP contribution in [0.2, 0.25) is 0 Å². The lowest BCUT2D eigenvalue weighted by Crippen LogP contribution is -2.42. The summed E-state index contributed by atoms with van der Waals surface area (Å²) in [5.74, 6) is 0. The van der Waals surface area contributed by atoms with Gasteiger partial charge in [-0.1, -0.05) is 48.0 Å². The van der Waals surface area contributed by atoms with Crippen LogP contribution in [-0.2, 0) is 16.4 Å². The molecule has 0 spiro atoms. The number of anilines is 1. The van der Waals surface area contributed by atoms with Crippen LogP contribution in [0.4, 0.5) is 5.69 Å². The molecule has 0 bridgehead atoms. The minimum absolute atomic E-state index is 0.138. The second-order valence-corrected chi connectivity index (χ2v) is 7.69.